The molecule has 0 aromatic heterocycles. The van der Waals surface area contributed by atoms with Crippen molar-refractivity contribution in [2.24, 2.45) is 5.10 Å². The van der Waals surface area contributed by atoms with Crippen molar-refractivity contribution in [2.45, 2.75) is 6.54 Å². The van der Waals surface area contributed by atoms with Crippen molar-refractivity contribution in [3.05, 3.63) is 82.9 Å². The lowest BCUT2D eigenvalue weighted by molar-refractivity contribution is 0.131. The van der Waals surface area contributed by atoms with E-state index in [-0.39, 0.29) is 12.4 Å². The molecule has 0 spiro atoms. The van der Waals surface area contributed by atoms with Gasteiger partial charge in [0, 0.05) is 43.3 Å². The van der Waals surface area contributed by atoms with Crippen LogP contribution in [0.2, 0.25) is 5.02 Å². The zero-order valence-electron chi connectivity index (χ0n) is 15.1. The first kappa shape index (κ1) is 19.7. The lowest BCUT2D eigenvalue weighted by Gasteiger charge is -2.33. The van der Waals surface area contributed by atoms with E-state index in [0.717, 1.165) is 37.7 Å². The lowest BCUT2D eigenvalue weighted by Crippen LogP contribution is -2.43. The second kappa shape index (κ2) is 9.23. The molecule has 0 atom stereocenters. The van der Waals surface area contributed by atoms with Crippen molar-refractivity contribution < 1.29 is 0 Å². The molecule has 0 bridgehead atoms. The van der Waals surface area contributed by atoms with Crippen LogP contribution in [-0.4, -0.2) is 42.3 Å². The molecule has 140 valence electrons. The van der Waals surface area contributed by atoms with Crippen molar-refractivity contribution in [3.63, 3.8) is 0 Å². The highest BCUT2D eigenvalue weighted by Gasteiger charge is 2.16. The summed E-state index contributed by atoms with van der Waals surface area (Å²) in [5.74, 6) is 0. The number of rotatable bonds is 4. The number of nitrogens with zero attached hydrogens (tertiary/aromatic N) is 3. The SMILES string of the molecule is Cl.Clc1ccccc1CN1CCN(/N=C/c2cccc3ccccc23)CC1. The maximum absolute atomic E-state index is 6.28. The largest absolute Gasteiger partial charge is 0.295 e. The fraction of sp³-hybridized carbons (Fsp3) is 0.227. The predicted molar refractivity (Wildman–Crippen MR) is 117 cm³/mol. The topological polar surface area (TPSA) is 18.8 Å². The molecular formula is C22H23Cl2N3. The number of benzene rings is 3. The third kappa shape index (κ3) is 4.81. The van der Waals surface area contributed by atoms with E-state index in [0.29, 0.717) is 0 Å². The second-order valence-electron chi connectivity index (χ2n) is 6.63. The Morgan fingerprint density at radius 1 is 0.852 bits per heavy atom. The zero-order chi connectivity index (χ0) is 17.8. The minimum Gasteiger partial charge on any atom is -0.295 e. The predicted octanol–water partition coefficient (Wildman–Crippen LogP) is 5.07. The van der Waals surface area contributed by atoms with Crippen molar-refractivity contribution in [1.29, 1.82) is 0 Å². The Hall–Kier alpha value is -2.07. The summed E-state index contributed by atoms with van der Waals surface area (Å²) in [7, 11) is 0. The normalized spacial score (nSPS) is 15.2. The average molecular weight is 400 g/mol. The highest BCUT2D eigenvalue weighted by atomic mass is 35.5. The van der Waals surface area contributed by atoms with E-state index >= 15 is 0 Å². The lowest BCUT2D eigenvalue weighted by atomic mass is 10.1. The van der Waals surface area contributed by atoms with Crippen molar-refractivity contribution >= 4 is 41.0 Å². The van der Waals surface area contributed by atoms with Crippen LogP contribution in [0.1, 0.15) is 11.1 Å². The highest BCUT2D eigenvalue weighted by molar-refractivity contribution is 6.31. The Balaban J connectivity index is 0.00000210. The molecule has 27 heavy (non-hydrogen) atoms. The van der Waals surface area contributed by atoms with Crippen molar-refractivity contribution in [1.82, 2.24) is 9.91 Å². The van der Waals surface area contributed by atoms with Gasteiger partial charge >= 0.3 is 0 Å². The smallest absolute Gasteiger partial charge is 0.0549 e. The minimum atomic E-state index is 0. The number of halogens is 2. The van der Waals surface area contributed by atoms with E-state index in [4.69, 9.17) is 16.7 Å². The quantitative estimate of drug-likeness (QED) is 0.570. The van der Waals surface area contributed by atoms with Gasteiger partial charge in [-0.2, -0.15) is 5.10 Å². The number of hydrogen-bond acceptors (Lipinski definition) is 3. The van der Waals surface area contributed by atoms with Gasteiger partial charge in [0.25, 0.3) is 0 Å². The first-order chi connectivity index (χ1) is 12.8. The van der Waals surface area contributed by atoms with Gasteiger partial charge < -0.3 is 0 Å². The molecule has 1 aliphatic rings. The fourth-order valence-corrected chi connectivity index (χ4v) is 3.58. The Bertz CT molecular complexity index is 913. The van der Waals surface area contributed by atoms with Crippen LogP contribution in [0.25, 0.3) is 10.8 Å². The summed E-state index contributed by atoms with van der Waals surface area (Å²) < 4.78 is 0. The standard InChI is InChI=1S/C22H22ClN3.ClH/c23-22-11-4-2-7-20(22)17-25-12-14-26(15-13-25)24-16-19-9-5-8-18-6-1-3-10-21(18)19;/h1-11,16H,12-15,17H2;1H/b24-16+;. The number of hydrazone groups is 1. The molecule has 0 saturated carbocycles. The number of piperazine rings is 1. The van der Waals surface area contributed by atoms with E-state index in [2.05, 4.69) is 58.4 Å². The average Bonchev–Trinajstić information content (AvgIpc) is 2.69. The molecule has 1 saturated heterocycles. The molecule has 0 aliphatic carbocycles. The van der Waals surface area contributed by atoms with E-state index < -0.39 is 0 Å². The molecule has 5 heteroatoms. The highest BCUT2D eigenvalue weighted by Crippen LogP contribution is 2.19. The fourth-order valence-electron chi connectivity index (χ4n) is 3.39. The van der Waals surface area contributed by atoms with Crippen LogP contribution >= 0.6 is 24.0 Å². The van der Waals surface area contributed by atoms with Crippen LogP contribution in [-0.2, 0) is 6.54 Å². The maximum atomic E-state index is 6.28. The summed E-state index contributed by atoms with van der Waals surface area (Å²) >= 11 is 6.28. The van der Waals surface area contributed by atoms with Crippen LogP contribution in [0.4, 0.5) is 0 Å². The van der Waals surface area contributed by atoms with Crippen LogP contribution in [0, 0.1) is 0 Å². The maximum Gasteiger partial charge on any atom is 0.0549 e. The Labute approximate surface area is 171 Å². The minimum absolute atomic E-state index is 0. The van der Waals surface area contributed by atoms with Crippen LogP contribution in [0.15, 0.2) is 71.8 Å². The Kier molecular flexibility index (Phi) is 6.73. The monoisotopic (exact) mass is 399 g/mol. The van der Waals surface area contributed by atoms with Crippen LogP contribution < -0.4 is 0 Å². The first-order valence-corrected chi connectivity index (χ1v) is 9.40. The molecule has 4 rings (SSSR count). The molecule has 1 aliphatic heterocycles. The van der Waals surface area contributed by atoms with Gasteiger partial charge in [-0.05, 0) is 22.4 Å². The summed E-state index contributed by atoms with van der Waals surface area (Å²) in [5, 5.41) is 10.2. The Morgan fingerprint density at radius 3 is 2.37 bits per heavy atom. The second-order valence-corrected chi connectivity index (χ2v) is 7.04. The first-order valence-electron chi connectivity index (χ1n) is 9.02. The van der Waals surface area contributed by atoms with E-state index in [1.54, 1.807) is 0 Å². The summed E-state index contributed by atoms with van der Waals surface area (Å²) in [6.45, 7) is 4.77. The van der Waals surface area contributed by atoms with Crippen molar-refractivity contribution in [3.8, 4) is 0 Å². The number of hydrogen-bond donors (Lipinski definition) is 0. The van der Waals surface area contributed by atoms with E-state index in [1.807, 2.05) is 24.4 Å². The zero-order valence-corrected chi connectivity index (χ0v) is 16.7. The van der Waals surface area contributed by atoms with Gasteiger partial charge in [-0.15, -0.1) is 12.4 Å². The molecule has 0 unspecified atom stereocenters. The van der Waals surface area contributed by atoms with Gasteiger partial charge in [0.2, 0.25) is 0 Å². The number of fused-ring (bicyclic) bond motifs is 1. The molecule has 0 amide bonds. The molecule has 3 aromatic rings. The molecule has 0 N–H and O–H groups in total. The molecular weight excluding hydrogens is 377 g/mol. The van der Waals surface area contributed by atoms with Gasteiger partial charge in [-0.25, -0.2) is 0 Å². The molecule has 3 aromatic carbocycles. The third-order valence-electron chi connectivity index (χ3n) is 4.88. The van der Waals surface area contributed by atoms with Gasteiger partial charge in [-0.1, -0.05) is 72.3 Å². The van der Waals surface area contributed by atoms with Gasteiger partial charge in [0.05, 0.1) is 6.21 Å². The Morgan fingerprint density at radius 2 is 1.56 bits per heavy atom. The molecule has 1 heterocycles. The van der Waals surface area contributed by atoms with Gasteiger partial charge in [-0.3, -0.25) is 9.91 Å². The summed E-state index contributed by atoms with van der Waals surface area (Å²) in [6.07, 6.45) is 1.99. The van der Waals surface area contributed by atoms with Crippen molar-refractivity contribution in [2.75, 3.05) is 26.2 Å². The van der Waals surface area contributed by atoms with Crippen LogP contribution in [0.5, 0.6) is 0 Å². The summed E-state index contributed by atoms with van der Waals surface area (Å²) in [5.41, 5.74) is 2.36. The molecule has 0 radical (unpaired) electrons. The molecule has 3 nitrogen and oxygen atoms in total. The van der Waals surface area contributed by atoms with Crippen LogP contribution in [0.3, 0.4) is 0 Å². The van der Waals surface area contributed by atoms with E-state index in [9.17, 15) is 0 Å². The summed E-state index contributed by atoms with van der Waals surface area (Å²) in [4.78, 5) is 2.44. The van der Waals surface area contributed by atoms with Gasteiger partial charge in [0.1, 0.15) is 0 Å². The third-order valence-corrected chi connectivity index (χ3v) is 5.25. The molecule has 1 fully saturated rings. The van der Waals surface area contributed by atoms with Gasteiger partial charge in [0.15, 0.2) is 0 Å². The van der Waals surface area contributed by atoms with E-state index in [1.165, 1.54) is 21.9 Å². The summed E-state index contributed by atoms with van der Waals surface area (Å²) in [6, 6.07) is 22.9.